The van der Waals surface area contributed by atoms with Crippen molar-refractivity contribution >= 4 is 29.4 Å². The lowest BCUT2D eigenvalue weighted by molar-refractivity contribution is -0.119. The Morgan fingerprint density at radius 3 is 3.14 bits per heavy atom. The number of benzene rings is 1. The minimum Gasteiger partial charge on any atom is -0.442 e. The Balaban J connectivity index is 1.72. The molecule has 0 radical (unpaired) electrons. The van der Waals surface area contributed by atoms with Crippen molar-refractivity contribution in [3.05, 3.63) is 23.8 Å². The minimum atomic E-state index is -0.339. The van der Waals surface area contributed by atoms with Crippen LogP contribution in [-0.2, 0) is 16.0 Å². The van der Waals surface area contributed by atoms with Crippen molar-refractivity contribution in [1.29, 1.82) is 0 Å². The van der Waals surface area contributed by atoms with E-state index in [0.717, 1.165) is 17.9 Å². The van der Waals surface area contributed by atoms with Crippen LogP contribution in [0.3, 0.4) is 0 Å². The molecule has 2 amide bonds. The highest BCUT2D eigenvalue weighted by Gasteiger charge is 2.32. The van der Waals surface area contributed by atoms with Gasteiger partial charge in [0.15, 0.2) is 0 Å². The van der Waals surface area contributed by atoms with Gasteiger partial charge in [0.2, 0.25) is 5.91 Å². The second-order valence-electron chi connectivity index (χ2n) is 5.65. The molecule has 1 atom stereocenters. The Labute approximate surface area is 134 Å². The maximum Gasteiger partial charge on any atom is 0.414 e. The summed E-state index contributed by atoms with van der Waals surface area (Å²) >= 11 is 1.86. The standard InChI is InChI=1S/C16H20N2O3S/c1-11(19)17-9-14-10-18(16(20)21-14)13-6-5-12-4-2-3-7-22-15(12)8-13/h5-6,8,14H,2-4,7,9-10H2,1H3,(H,17,19)/t14-/m0/s1. The molecule has 1 saturated heterocycles. The zero-order valence-electron chi connectivity index (χ0n) is 12.6. The van der Waals surface area contributed by atoms with Crippen molar-refractivity contribution in [2.45, 2.75) is 37.2 Å². The third-order valence-corrected chi connectivity index (χ3v) is 5.10. The van der Waals surface area contributed by atoms with Crippen molar-refractivity contribution in [1.82, 2.24) is 5.32 Å². The van der Waals surface area contributed by atoms with Crippen molar-refractivity contribution in [2.24, 2.45) is 0 Å². The van der Waals surface area contributed by atoms with Gasteiger partial charge in [-0.2, -0.15) is 0 Å². The van der Waals surface area contributed by atoms with E-state index in [1.165, 1.54) is 30.2 Å². The molecule has 6 heteroatoms. The monoisotopic (exact) mass is 320 g/mol. The summed E-state index contributed by atoms with van der Waals surface area (Å²) in [4.78, 5) is 25.9. The molecule has 2 aliphatic rings. The first kappa shape index (κ1) is 15.2. The minimum absolute atomic E-state index is 0.115. The molecule has 0 bridgehead atoms. The third kappa shape index (κ3) is 3.38. The Morgan fingerprint density at radius 1 is 1.45 bits per heavy atom. The van der Waals surface area contributed by atoms with Gasteiger partial charge >= 0.3 is 6.09 Å². The third-order valence-electron chi connectivity index (χ3n) is 3.91. The van der Waals surface area contributed by atoms with E-state index in [9.17, 15) is 9.59 Å². The molecule has 0 unspecified atom stereocenters. The van der Waals surface area contributed by atoms with Gasteiger partial charge in [-0.3, -0.25) is 9.69 Å². The molecular formula is C16H20N2O3S. The van der Waals surface area contributed by atoms with E-state index in [0.29, 0.717) is 13.1 Å². The molecule has 3 rings (SSSR count). The zero-order valence-corrected chi connectivity index (χ0v) is 13.4. The molecule has 0 aromatic heterocycles. The van der Waals surface area contributed by atoms with Crippen molar-refractivity contribution in [3.63, 3.8) is 0 Å². The summed E-state index contributed by atoms with van der Waals surface area (Å²) in [5, 5.41) is 2.69. The molecule has 2 aliphatic heterocycles. The van der Waals surface area contributed by atoms with Crippen LogP contribution in [0.25, 0.3) is 0 Å². The summed E-state index contributed by atoms with van der Waals surface area (Å²) in [5.74, 6) is 1.02. The maximum absolute atomic E-state index is 12.0. The van der Waals surface area contributed by atoms with Crippen LogP contribution >= 0.6 is 11.8 Å². The molecule has 118 valence electrons. The predicted molar refractivity (Wildman–Crippen MR) is 86.4 cm³/mol. The normalized spacial score (nSPS) is 21.0. The molecule has 1 fully saturated rings. The van der Waals surface area contributed by atoms with E-state index in [2.05, 4.69) is 17.4 Å². The molecular weight excluding hydrogens is 300 g/mol. The van der Waals surface area contributed by atoms with E-state index in [4.69, 9.17) is 4.74 Å². The van der Waals surface area contributed by atoms with Gasteiger partial charge in [-0.25, -0.2) is 4.79 Å². The van der Waals surface area contributed by atoms with Crippen LogP contribution in [0.1, 0.15) is 25.3 Å². The number of nitrogens with zero attached hydrogens (tertiary/aromatic N) is 1. The highest BCUT2D eigenvalue weighted by atomic mass is 32.2. The van der Waals surface area contributed by atoms with Crippen LogP contribution in [0.4, 0.5) is 10.5 Å². The number of aryl methyl sites for hydroxylation is 1. The first-order valence-electron chi connectivity index (χ1n) is 7.62. The number of ether oxygens (including phenoxy) is 1. The quantitative estimate of drug-likeness (QED) is 0.930. The molecule has 2 heterocycles. The van der Waals surface area contributed by atoms with E-state index < -0.39 is 0 Å². The lowest BCUT2D eigenvalue weighted by Gasteiger charge is -2.15. The van der Waals surface area contributed by atoms with Gasteiger partial charge in [-0.15, -0.1) is 11.8 Å². The van der Waals surface area contributed by atoms with Gasteiger partial charge < -0.3 is 10.1 Å². The van der Waals surface area contributed by atoms with Crippen LogP contribution in [0, 0.1) is 0 Å². The van der Waals surface area contributed by atoms with Crippen LogP contribution in [-0.4, -0.2) is 36.9 Å². The van der Waals surface area contributed by atoms with Gasteiger partial charge in [0.1, 0.15) is 6.10 Å². The average Bonchev–Trinajstić information content (AvgIpc) is 2.71. The van der Waals surface area contributed by atoms with Gasteiger partial charge in [0.25, 0.3) is 0 Å². The summed E-state index contributed by atoms with van der Waals surface area (Å²) in [5.41, 5.74) is 2.25. The van der Waals surface area contributed by atoms with Crippen LogP contribution < -0.4 is 10.2 Å². The number of hydrogen-bond acceptors (Lipinski definition) is 4. The van der Waals surface area contributed by atoms with Crippen molar-refractivity contribution < 1.29 is 14.3 Å². The van der Waals surface area contributed by atoms with Gasteiger partial charge in [-0.1, -0.05) is 6.07 Å². The van der Waals surface area contributed by atoms with Gasteiger partial charge in [0, 0.05) is 17.5 Å². The summed E-state index contributed by atoms with van der Waals surface area (Å²) in [6, 6.07) is 6.21. The number of cyclic esters (lactones) is 1. The first-order chi connectivity index (χ1) is 10.6. The van der Waals surface area contributed by atoms with E-state index in [1.54, 1.807) is 4.90 Å². The zero-order chi connectivity index (χ0) is 15.5. The molecule has 1 N–H and O–H groups in total. The Hall–Kier alpha value is -1.69. The molecule has 1 aromatic rings. The number of carbonyl (C=O) groups excluding carboxylic acids is 2. The number of carbonyl (C=O) groups is 2. The number of rotatable bonds is 3. The van der Waals surface area contributed by atoms with E-state index in [1.807, 2.05) is 17.8 Å². The topological polar surface area (TPSA) is 58.6 Å². The molecule has 5 nitrogen and oxygen atoms in total. The second-order valence-corrected chi connectivity index (χ2v) is 6.79. The summed E-state index contributed by atoms with van der Waals surface area (Å²) in [6.45, 7) is 2.29. The fraction of sp³-hybridized carbons (Fsp3) is 0.500. The molecule has 0 saturated carbocycles. The lowest BCUT2D eigenvalue weighted by atomic mass is 10.1. The SMILES string of the molecule is CC(=O)NC[C@H]1CN(c2ccc3c(c2)SCCCC3)C(=O)O1. The van der Waals surface area contributed by atoms with Gasteiger partial charge in [0.05, 0.1) is 13.1 Å². The number of anilines is 1. The summed E-state index contributed by atoms with van der Waals surface area (Å²) in [6.07, 6.45) is 2.94. The Morgan fingerprint density at radius 2 is 2.32 bits per heavy atom. The fourth-order valence-corrected chi connectivity index (χ4v) is 3.88. The van der Waals surface area contributed by atoms with Gasteiger partial charge in [-0.05, 0) is 42.7 Å². The summed E-state index contributed by atoms with van der Waals surface area (Å²) in [7, 11) is 0. The number of thioether (sulfide) groups is 1. The number of amides is 2. The predicted octanol–water partition coefficient (Wildman–Crippen LogP) is 2.58. The number of hydrogen-bond donors (Lipinski definition) is 1. The lowest BCUT2D eigenvalue weighted by Crippen LogP contribution is -2.33. The molecule has 22 heavy (non-hydrogen) atoms. The fourth-order valence-electron chi connectivity index (χ4n) is 2.75. The molecule has 0 spiro atoms. The smallest absolute Gasteiger partial charge is 0.414 e. The van der Waals surface area contributed by atoms with Crippen molar-refractivity contribution in [3.8, 4) is 0 Å². The number of nitrogens with one attached hydrogen (secondary N) is 1. The van der Waals surface area contributed by atoms with E-state index in [-0.39, 0.29) is 18.1 Å². The second kappa shape index (κ2) is 6.60. The highest BCUT2D eigenvalue weighted by Crippen LogP contribution is 2.33. The van der Waals surface area contributed by atoms with E-state index >= 15 is 0 Å². The first-order valence-corrected chi connectivity index (χ1v) is 8.60. The van der Waals surface area contributed by atoms with Crippen LogP contribution in [0.5, 0.6) is 0 Å². The van der Waals surface area contributed by atoms with Crippen LogP contribution in [0.2, 0.25) is 0 Å². The van der Waals surface area contributed by atoms with Crippen molar-refractivity contribution in [2.75, 3.05) is 23.7 Å². The summed E-state index contributed by atoms with van der Waals surface area (Å²) < 4.78 is 5.31. The highest BCUT2D eigenvalue weighted by molar-refractivity contribution is 7.99. The number of fused-ring (bicyclic) bond motifs is 1. The Bertz CT molecular complexity index is 591. The Kier molecular flexibility index (Phi) is 4.57. The maximum atomic E-state index is 12.0. The average molecular weight is 320 g/mol. The largest absolute Gasteiger partial charge is 0.442 e. The molecule has 0 aliphatic carbocycles. The van der Waals surface area contributed by atoms with Crippen LogP contribution in [0.15, 0.2) is 23.1 Å². The molecule has 1 aromatic carbocycles.